The smallest absolute Gasteiger partial charge is 0.248 e. The second-order valence-electron chi connectivity index (χ2n) is 6.52. The monoisotopic (exact) mass is 348 g/mol. The highest BCUT2D eigenvalue weighted by Crippen LogP contribution is 2.28. The maximum atomic E-state index is 12.4. The zero-order valence-electron chi connectivity index (χ0n) is 14.2. The topological polar surface area (TPSA) is 41.6 Å². The summed E-state index contributed by atoms with van der Waals surface area (Å²) in [6.45, 7) is 1.90. The number of amides is 1. The van der Waals surface area contributed by atoms with Crippen molar-refractivity contribution >= 4 is 23.2 Å². The van der Waals surface area contributed by atoms with Gasteiger partial charge in [-0.25, -0.2) is 0 Å². The van der Waals surface area contributed by atoms with Crippen molar-refractivity contribution in [2.75, 3.05) is 25.1 Å². The molecular weight excluding hydrogens is 324 g/mol. The van der Waals surface area contributed by atoms with E-state index in [2.05, 4.69) is 22.3 Å². The van der Waals surface area contributed by atoms with Crippen LogP contribution in [-0.2, 0) is 4.79 Å². The van der Waals surface area contributed by atoms with Gasteiger partial charge in [-0.2, -0.15) is 0 Å². The molecule has 2 aliphatic rings. The molecule has 0 unspecified atom stereocenters. The van der Waals surface area contributed by atoms with E-state index in [1.54, 1.807) is 7.11 Å². The lowest BCUT2D eigenvalue weighted by Gasteiger charge is -2.34. The lowest BCUT2D eigenvalue weighted by atomic mass is 9.97. The number of allylic oxidation sites excluding steroid dienone is 1. The fourth-order valence-corrected chi connectivity index (χ4v) is 3.77. The Kier molecular flexibility index (Phi) is 5.67. The maximum Gasteiger partial charge on any atom is 0.248 e. The summed E-state index contributed by atoms with van der Waals surface area (Å²) in [7, 11) is 1.68. The van der Waals surface area contributed by atoms with Crippen molar-refractivity contribution in [3.63, 3.8) is 0 Å². The van der Waals surface area contributed by atoms with E-state index < -0.39 is 0 Å². The molecule has 24 heavy (non-hydrogen) atoms. The van der Waals surface area contributed by atoms with Gasteiger partial charge in [-0.05, 0) is 62.8 Å². The predicted octanol–water partition coefficient (Wildman–Crippen LogP) is 3.85. The number of rotatable bonds is 4. The van der Waals surface area contributed by atoms with Crippen molar-refractivity contribution in [3.8, 4) is 5.75 Å². The predicted molar refractivity (Wildman–Crippen MR) is 97.7 cm³/mol. The Bertz CT molecular complexity index is 604. The third kappa shape index (κ3) is 4.04. The average molecular weight is 349 g/mol. The van der Waals surface area contributed by atoms with Gasteiger partial charge in [-0.1, -0.05) is 11.6 Å². The van der Waals surface area contributed by atoms with Crippen LogP contribution in [-0.4, -0.2) is 32.1 Å². The van der Waals surface area contributed by atoms with Crippen molar-refractivity contribution in [3.05, 3.63) is 34.9 Å². The van der Waals surface area contributed by atoms with E-state index >= 15 is 0 Å². The first-order chi connectivity index (χ1) is 11.7. The minimum atomic E-state index is 0.0441. The molecule has 1 saturated heterocycles. The number of ether oxygens (including phenoxy) is 1. The molecule has 1 N–H and O–H groups in total. The van der Waals surface area contributed by atoms with Gasteiger partial charge in [0.15, 0.2) is 0 Å². The van der Waals surface area contributed by atoms with Crippen molar-refractivity contribution in [1.82, 2.24) is 5.32 Å². The summed E-state index contributed by atoms with van der Waals surface area (Å²) in [6, 6.07) is 8.39. The molecule has 0 spiro atoms. The number of nitrogens with zero attached hydrogens (tertiary/aromatic N) is 1. The highest BCUT2D eigenvalue weighted by atomic mass is 35.5. The third-order valence-electron chi connectivity index (χ3n) is 4.94. The molecule has 1 aliphatic carbocycles. The molecule has 1 aromatic rings. The molecule has 1 aliphatic heterocycles. The van der Waals surface area contributed by atoms with E-state index in [-0.39, 0.29) is 11.9 Å². The molecule has 3 rings (SSSR count). The van der Waals surface area contributed by atoms with Gasteiger partial charge in [0, 0.05) is 35.4 Å². The molecule has 130 valence electrons. The molecule has 1 heterocycles. The van der Waals surface area contributed by atoms with E-state index in [0.717, 1.165) is 68.0 Å². The molecule has 1 fully saturated rings. The van der Waals surface area contributed by atoms with E-state index in [0.29, 0.717) is 0 Å². The van der Waals surface area contributed by atoms with Crippen LogP contribution in [0.15, 0.2) is 34.9 Å². The number of piperidine rings is 1. The molecule has 0 aromatic heterocycles. The van der Waals surface area contributed by atoms with Crippen LogP contribution in [0, 0.1) is 0 Å². The number of hydrogen-bond acceptors (Lipinski definition) is 3. The average Bonchev–Trinajstić information content (AvgIpc) is 2.63. The normalized spacial score (nSPS) is 19.3. The first kappa shape index (κ1) is 17.2. The minimum Gasteiger partial charge on any atom is -0.497 e. The van der Waals surface area contributed by atoms with Crippen LogP contribution >= 0.6 is 11.6 Å². The first-order valence-corrected chi connectivity index (χ1v) is 9.12. The Morgan fingerprint density at radius 2 is 1.83 bits per heavy atom. The Hall–Kier alpha value is -1.68. The van der Waals surface area contributed by atoms with Crippen LogP contribution < -0.4 is 15.0 Å². The fourth-order valence-electron chi connectivity index (χ4n) is 3.45. The number of carbonyl (C=O) groups excluding carboxylic acids is 1. The molecule has 1 aromatic carbocycles. The van der Waals surface area contributed by atoms with Gasteiger partial charge in [-0.3, -0.25) is 4.79 Å². The van der Waals surface area contributed by atoms with E-state index in [9.17, 15) is 4.79 Å². The summed E-state index contributed by atoms with van der Waals surface area (Å²) >= 11 is 6.22. The lowest BCUT2D eigenvalue weighted by molar-refractivity contribution is -0.118. The number of carbonyl (C=O) groups is 1. The standard InChI is InChI=1S/C19H25ClN2O2/c1-24-16-8-6-15(7-9-16)22-12-10-14(11-13-22)21-19(23)17-4-2-3-5-18(17)20/h6-9,14H,2-5,10-13H2,1H3,(H,21,23). The molecule has 5 heteroatoms. The SMILES string of the molecule is COc1ccc(N2CCC(NC(=O)C3=C(Cl)CCCC3)CC2)cc1. The summed E-state index contributed by atoms with van der Waals surface area (Å²) < 4.78 is 5.20. The zero-order valence-corrected chi connectivity index (χ0v) is 14.9. The molecule has 0 radical (unpaired) electrons. The highest BCUT2D eigenvalue weighted by molar-refractivity contribution is 6.32. The maximum absolute atomic E-state index is 12.4. The second-order valence-corrected chi connectivity index (χ2v) is 6.98. The number of methoxy groups -OCH3 is 1. The van der Waals surface area contributed by atoms with Gasteiger partial charge in [0.25, 0.3) is 0 Å². The Morgan fingerprint density at radius 1 is 1.17 bits per heavy atom. The van der Waals surface area contributed by atoms with Crippen molar-refractivity contribution in [2.24, 2.45) is 0 Å². The minimum absolute atomic E-state index is 0.0441. The number of anilines is 1. The van der Waals surface area contributed by atoms with Gasteiger partial charge < -0.3 is 15.0 Å². The number of halogens is 1. The van der Waals surface area contributed by atoms with Crippen LogP contribution in [0.4, 0.5) is 5.69 Å². The Labute approximate surface area is 148 Å². The van der Waals surface area contributed by atoms with Crippen LogP contribution in [0.3, 0.4) is 0 Å². The van der Waals surface area contributed by atoms with Crippen LogP contribution in [0.5, 0.6) is 5.75 Å². The van der Waals surface area contributed by atoms with Gasteiger partial charge in [0.05, 0.1) is 7.11 Å². The van der Waals surface area contributed by atoms with Gasteiger partial charge in [-0.15, -0.1) is 0 Å². The Balaban J connectivity index is 1.52. The quantitative estimate of drug-likeness (QED) is 0.898. The van der Waals surface area contributed by atoms with Gasteiger partial charge >= 0.3 is 0 Å². The number of nitrogens with one attached hydrogen (secondary N) is 1. The third-order valence-corrected chi connectivity index (χ3v) is 5.36. The largest absolute Gasteiger partial charge is 0.497 e. The van der Waals surface area contributed by atoms with Crippen molar-refractivity contribution in [1.29, 1.82) is 0 Å². The lowest BCUT2D eigenvalue weighted by Crippen LogP contribution is -2.45. The summed E-state index contributed by atoms with van der Waals surface area (Å²) in [4.78, 5) is 14.8. The number of hydrogen-bond donors (Lipinski definition) is 1. The molecule has 4 nitrogen and oxygen atoms in total. The summed E-state index contributed by atoms with van der Waals surface area (Å²) in [5, 5.41) is 3.94. The second kappa shape index (κ2) is 7.93. The number of benzene rings is 1. The molecule has 0 bridgehead atoms. The van der Waals surface area contributed by atoms with Crippen LogP contribution in [0.25, 0.3) is 0 Å². The molecule has 0 atom stereocenters. The molecule has 1 amide bonds. The Morgan fingerprint density at radius 3 is 2.46 bits per heavy atom. The molecule has 0 saturated carbocycles. The molecular formula is C19H25ClN2O2. The first-order valence-electron chi connectivity index (χ1n) is 8.75. The van der Waals surface area contributed by atoms with E-state index in [1.807, 2.05) is 12.1 Å². The summed E-state index contributed by atoms with van der Waals surface area (Å²) in [5.41, 5.74) is 2.01. The summed E-state index contributed by atoms with van der Waals surface area (Å²) in [6.07, 6.45) is 5.74. The van der Waals surface area contributed by atoms with E-state index in [4.69, 9.17) is 16.3 Å². The van der Waals surface area contributed by atoms with Crippen LogP contribution in [0.1, 0.15) is 38.5 Å². The van der Waals surface area contributed by atoms with Gasteiger partial charge in [0.2, 0.25) is 5.91 Å². The van der Waals surface area contributed by atoms with Gasteiger partial charge in [0.1, 0.15) is 5.75 Å². The van der Waals surface area contributed by atoms with Crippen LogP contribution in [0.2, 0.25) is 0 Å². The van der Waals surface area contributed by atoms with E-state index in [1.165, 1.54) is 5.69 Å². The highest BCUT2D eigenvalue weighted by Gasteiger charge is 2.24. The zero-order chi connectivity index (χ0) is 16.9. The van der Waals surface area contributed by atoms with Crippen molar-refractivity contribution < 1.29 is 9.53 Å². The fraction of sp³-hybridized carbons (Fsp3) is 0.526. The summed E-state index contributed by atoms with van der Waals surface area (Å²) in [5.74, 6) is 0.918. The van der Waals surface area contributed by atoms with Crippen molar-refractivity contribution in [2.45, 2.75) is 44.6 Å².